The molecule has 2 heterocycles. The third-order valence-corrected chi connectivity index (χ3v) is 4.77. The summed E-state index contributed by atoms with van der Waals surface area (Å²) < 4.78 is 1.21. The quantitative estimate of drug-likeness (QED) is 0.636. The molecule has 0 aliphatic carbocycles. The summed E-state index contributed by atoms with van der Waals surface area (Å²) in [7, 11) is 2.04. The fourth-order valence-corrected chi connectivity index (χ4v) is 3.17. The second-order valence-corrected chi connectivity index (χ2v) is 7.08. The number of carbonyl (C=O) groups is 1. The van der Waals surface area contributed by atoms with Gasteiger partial charge in [0.05, 0.1) is 6.20 Å². The van der Waals surface area contributed by atoms with Gasteiger partial charge in [0.25, 0.3) is 5.56 Å². The molecule has 144 valence electrons. The lowest BCUT2D eigenvalue weighted by Crippen LogP contribution is -2.37. The first kappa shape index (κ1) is 19.1. The van der Waals surface area contributed by atoms with Crippen molar-refractivity contribution in [3.05, 3.63) is 40.3 Å². The molecular formula is C20H27N5O2. The van der Waals surface area contributed by atoms with E-state index in [-0.39, 0.29) is 18.0 Å². The smallest absolute Gasteiger partial charge is 0.291 e. The molecule has 0 saturated heterocycles. The third-order valence-electron chi connectivity index (χ3n) is 4.77. The average Bonchev–Trinajstić information content (AvgIpc) is 3.01. The van der Waals surface area contributed by atoms with Gasteiger partial charge in [0, 0.05) is 29.4 Å². The van der Waals surface area contributed by atoms with Crippen LogP contribution in [0.5, 0.6) is 0 Å². The first-order valence-corrected chi connectivity index (χ1v) is 9.43. The Hall–Kier alpha value is -2.67. The number of hydrogen-bond donors (Lipinski definition) is 2. The number of benzene rings is 1. The van der Waals surface area contributed by atoms with Crippen LogP contribution in [0.3, 0.4) is 0 Å². The van der Waals surface area contributed by atoms with Crippen molar-refractivity contribution in [2.45, 2.75) is 33.2 Å². The van der Waals surface area contributed by atoms with Crippen molar-refractivity contribution in [2.24, 2.45) is 0 Å². The number of likely N-dealkylation sites (N-methyl/N-ethyl adjacent to an activating group) is 1. The fraction of sp³-hybridized carbons (Fsp3) is 0.450. The van der Waals surface area contributed by atoms with Gasteiger partial charge in [-0.15, -0.1) is 0 Å². The van der Waals surface area contributed by atoms with Crippen molar-refractivity contribution in [2.75, 3.05) is 26.7 Å². The van der Waals surface area contributed by atoms with Crippen molar-refractivity contribution >= 4 is 27.7 Å². The molecule has 0 bridgehead atoms. The van der Waals surface area contributed by atoms with E-state index in [9.17, 15) is 9.59 Å². The van der Waals surface area contributed by atoms with E-state index < -0.39 is 0 Å². The lowest BCUT2D eigenvalue weighted by atomic mass is 10.1. The van der Waals surface area contributed by atoms with Gasteiger partial charge in [-0.3, -0.25) is 9.59 Å². The largest absolute Gasteiger partial charge is 0.353 e. The minimum absolute atomic E-state index is 0.0815. The molecule has 1 amide bonds. The Labute approximate surface area is 158 Å². The summed E-state index contributed by atoms with van der Waals surface area (Å²) in [6, 6.07) is 5.98. The van der Waals surface area contributed by atoms with Crippen LogP contribution in [0.2, 0.25) is 0 Å². The summed E-state index contributed by atoms with van der Waals surface area (Å²) in [5.74, 6) is -0.209. The van der Waals surface area contributed by atoms with Gasteiger partial charge in [-0.05, 0) is 39.1 Å². The zero-order valence-corrected chi connectivity index (χ0v) is 16.2. The number of fused-ring (bicyclic) bond motifs is 3. The number of aromatic amines is 1. The minimum Gasteiger partial charge on any atom is -0.353 e. The first-order valence-electron chi connectivity index (χ1n) is 9.43. The summed E-state index contributed by atoms with van der Waals surface area (Å²) in [6.45, 7) is 6.45. The zero-order valence-electron chi connectivity index (χ0n) is 16.2. The number of rotatable bonds is 8. The van der Waals surface area contributed by atoms with Crippen molar-refractivity contribution in [3.63, 3.8) is 0 Å². The van der Waals surface area contributed by atoms with Crippen molar-refractivity contribution in [3.8, 4) is 0 Å². The van der Waals surface area contributed by atoms with E-state index in [2.05, 4.69) is 27.2 Å². The molecule has 0 fully saturated rings. The van der Waals surface area contributed by atoms with E-state index in [1.54, 1.807) is 6.20 Å². The number of aromatic nitrogens is 3. The van der Waals surface area contributed by atoms with Gasteiger partial charge < -0.3 is 15.2 Å². The highest BCUT2D eigenvalue weighted by Gasteiger charge is 2.12. The van der Waals surface area contributed by atoms with Gasteiger partial charge in [0.15, 0.2) is 0 Å². The van der Waals surface area contributed by atoms with Crippen LogP contribution in [-0.2, 0) is 11.3 Å². The van der Waals surface area contributed by atoms with Crippen molar-refractivity contribution < 1.29 is 4.79 Å². The Balaban J connectivity index is 1.68. The highest BCUT2D eigenvalue weighted by molar-refractivity contribution is 6.06. The molecule has 0 atom stereocenters. The van der Waals surface area contributed by atoms with E-state index in [1.165, 1.54) is 4.68 Å². The van der Waals surface area contributed by atoms with Gasteiger partial charge in [0.2, 0.25) is 5.91 Å². The summed E-state index contributed by atoms with van der Waals surface area (Å²) in [5.41, 5.74) is 2.22. The molecule has 0 aliphatic rings. The molecule has 7 nitrogen and oxygen atoms in total. The maximum atomic E-state index is 12.7. The first-order chi connectivity index (χ1) is 13.0. The molecule has 0 unspecified atom stereocenters. The highest BCUT2D eigenvalue weighted by Crippen LogP contribution is 2.23. The van der Waals surface area contributed by atoms with E-state index in [0.29, 0.717) is 12.1 Å². The Bertz CT molecular complexity index is 1000. The van der Waals surface area contributed by atoms with Gasteiger partial charge >= 0.3 is 0 Å². The number of unbranched alkanes of at least 4 members (excludes halogenated alkanes) is 1. The van der Waals surface area contributed by atoms with E-state index >= 15 is 0 Å². The normalized spacial score (nSPS) is 11.6. The van der Waals surface area contributed by atoms with Crippen molar-refractivity contribution in [1.29, 1.82) is 0 Å². The Kier molecular flexibility index (Phi) is 5.91. The molecule has 2 aromatic heterocycles. The summed E-state index contributed by atoms with van der Waals surface area (Å²) in [4.78, 5) is 30.2. The molecule has 3 rings (SSSR count). The van der Waals surface area contributed by atoms with Gasteiger partial charge in [-0.1, -0.05) is 25.0 Å². The van der Waals surface area contributed by atoms with Crippen molar-refractivity contribution in [1.82, 2.24) is 25.0 Å². The summed E-state index contributed by atoms with van der Waals surface area (Å²) >= 11 is 0. The molecule has 0 saturated carbocycles. The van der Waals surface area contributed by atoms with Crippen LogP contribution in [0.1, 0.15) is 25.3 Å². The van der Waals surface area contributed by atoms with Gasteiger partial charge in [-0.25, -0.2) is 4.68 Å². The van der Waals surface area contributed by atoms with E-state index in [0.717, 1.165) is 47.8 Å². The van der Waals surface area contributed by atoms with Crippen LogP contribution < -0.4 is 10.9 Å². The Morgan fingerprint density at radius 3 is 2.89 bits per heavy atom. The highest BCUT2D eigenvalue weighted by atomic mass is 16.2. The minimum atomic E-state index is -0.281. The third kappa shape index (κ3) is 4.36. The Morgan fingerprint density at radius 2 is 2.11 bits per heavy atom. The topological polar surface area (TPSA) is 83.0 Å². The lowest BCUT2D eigenvalue weighted by molar-refractivity contribution is -0.121. The number of nitrogens with one attached hydrogen (secondary N) is 2. The molecule has 3 aromatic rings. The second-order valence-electron chi connectivity index (χ2n) is 7.08. The fourth-order valence-electron chi connectivity index (χ4n) is 3.17. The molecule has 1 aromatic carbocycles. The summed E-state index contributed by atoms with van der Waals surface area (Å²) in [6.07, 6.45) is 3.95. The number of carbonyl (C=O) groups excluding carboxylic acids is 1. The van der Waals surface area contributed by atoms with Gasteiger partial charge in [-0.2, -0.15) is 5.10 Å². The molecule has 0 aliphatic heterocycles. The maximum Gasteiger partial charge on any atom is 0.291 e. The predicted molar refractivity (Wildman–Crippen MR) is 108 cm³/mol. The molecule has 0 radical (unpaired) electrons. The van der Waals surface area contributed by atoms with Gasteiger partial charge in [0.1, 0.15) is 12.1 Å². The van der Waals surface area contributed by atoms with Crippen LogP contribution >= 0.6 is 0 Å². The van der Waals surface area contributed by atoms with Crippen LogP contribution in [0.25, 0.3) is 21.8 Å². The number of aryl methyl sites for hydroxylation is 1. The van der Waals surface area contributed by atoms with E-state index in [1.807, 2.05) is 32.2 Å². The maximum absolute atomic E-state index is 12.7. The monoisotopic (exact) mass is 369 g/mol. The number of nitrogens with zero attached hydrogens (tertiary/aromatic N) is 3. The molecular weight excluding hydrogens is 342 g/mol. The van der Waals surface area contributed by atoms with E-state index in [4.69, 9.17) is 0 Å². The average molecular weight is 369 g/mol. The number of amides is 1. The standard InChI is InChI=1S/C20H27N5O2/c1-4-5-9-24(3)10-8-21-18(26)13-25-20(27)19-16(12-22-25)15-11-14(2)6-7-17(15)23-19/h6-7,11-12,23H,4-5,8-10,13H2,1-3H3,(H,21,26). The molecule has 2 N–H and O–H groups in total. The molecule has 0 spiro atoms. The zero-order chi connectivity index (χ0) is 19.4. The van der Waals surface area contributed by atoms with Crippen LogP contribution in [0.4, 0.5) is 0 Å². The number of hydrogen-bond acceptors (Lipinski definition) is 4. The summed E-state index contributed by atoms with van der Waals surface area (Å²) in [5, 5.41) is 8.81. The predicted octanol–water partition coefficient (Wildman–Crippen LogP) is 2.03. The Morgan fingerprint density at radius 1 is 1.30 bits per heavy atom. The molecule has 7 heteroatoms. The SMILES string of the molecule is CCCCN(C)CCNC(=O)Cn1ncc2c([nH]c3ccc(C)cc32)c1=O. The number of H-pyrrole nitrogens is 1. The molecule has 27 heavy (non-hydrogen) atoms. The van der Waals surface area contributed by atoms with Crippen LogP contribution in [-0.4, -0.2) is 52.3 Å². The second kappa shape index (κ2) is 8.35. The lowest BCUT2D eigenvalue weighted by Gasteiger charge is -2.16. The van der Waals surface area contributed by atoms with Crippen LogP contribution in [0, 0.1) is 6.92 Å². The van der Waals surface area contributed by atoms with Crippen LogP contribution in [0.15, 0.2) is 29.2 Å².